The lowest BCUT2D eigenvalue weighted by Crippen LogP contribution is -2.49. The first-order chi connectivity index (χ1) is 23.4. The van der Waals surface area contributed by atoms with Gasteiger partial charge in [-0.15, -0.1) is 0 Å². The Kier molecular flexibility index (Phi) is 6.95. The van der Waals surface area contributed by atoms with Crippen molar-refractivity contribution in [3.63, 3.8) is 0 Å². The molecule has 4 amide bonds. The molecule has 0 unspecified atom stereocenters. The van der Waals surface area contributed by atoms with E-state index >= 15 is 0 Å². The number of benzene rings is 4. The monoisotopic (exact) mass is 676 g/mol. The number of phenols is 1. The molecule has 1 N–H and O–H groups in total. The summed E-state index contributed by atoms with van der Waals surface area (Å²) in [6.45, 7) is 3.16. The van der Waals surface area contributed by atoms with Gasteiger partial charge in [-0.3, -0.25) is 28.9 Å². The lowest BCUT2D eigenvalue weighted by molar-refractivity contribution is -0.131. The van der Waals surface area contributed by atoms with E-state index in [-0.39, 0.29) is 41.0 Å². The molecule has 4 aromatic carbocycles. The second-order valence-electron chi connectivity index (χ2n) is 13.6. The van der Waals surface area contributed by atoms with E-state index in [2.05, 4.69) is 0 Å². The standard InChI is InChI=1S/C39H30ClFN2O6/c1-19(44)20-7-10-22(11-8-20)42-35(46)26-14-13-25-27(32(26)37(42)48)18-28-36(47)43(23-12-15-30(41)29(40)17-23)38(49)39(28,2)34(25)33-24-6-4-3-5-21(24)9-16-31(33)45/h3-13,15-17,26-28,32,34,45H,14,18H2,1-2H3/t26-,27+,28-,32-,34+,39+/m0/s1. The van der Waals surface area contributed by atoms with Crippen LogP contribution in [-0.4, -0.2) is 34.5 Å². The lowest BCUT2D eigenvalue weighted by atomic mass is 9.51. The van der Waals surface area contributed by atoms with Crippen LogP contribution in [0, 0.1) is 34.9 Å². The van der Waals surface area contributed by atoms with Crippen LogP contribution < -0.4 is 9.80 Å². The highest BCUT2D eigenvalue weighted by Gasteiger charge is 2.68. The maximum Gasteiger partial charge on any atom is 0.241 e. The first kappa shape index (κ1) is 31.1. The summed E-state index contributed by atoms with van der Waals surface area (Å²) in [6.07, 6.45) is 2.25. The summed E-state index contributed by atoms with van der Waals surface area (Å²) >= 11 is 6.11. The van der Waals surface area contributed by atoms with Gasteiger partial charge in [0.15, 0.2) is 5.78 Å². The van der Waals surface area contributed by atoms with Crippen molar-refractivity contribution in [3.05, 3.63) is 112 Å². The molecule has 0 spiro atoms. The van der Waals surface area contributed by atoms with E-state index in [9.17, 15) is 33.5 Å². The van der Waals surface area contributed by atoms with Crippen LogP contribution in [0.2, 0.25) is 5.02 Å². The summed E-state index contributed by atoms with van der Waals surface area (Å²) in [4.78, 5) is 71.6. The van der Waals surface area contributed by atoms with Gasteiger partial charge in [0.25, 0.3) is 0 Å². The number of allylic oxidation sites excluding steroid dienone is 2. The van der Waals surface area contributed by atoms with Crippen molar-refractivity contribution in [1.29, 1.82) is 0 Å². The molecular formula is C39H30ClFN2O6. The van der Waals surface area contributed by atoms with Gasteiger partial charge in [-0.25, -0.2) is 9.29 Å². The number of carbonyl (C=O) groups is 5. The summed E-state index contributed by atoms with van der Waals surface area (Å²) < 4.78 is 14.2. The number of aromatic hydroxyl groups is 1. The molecule has 4 aromatic rings. The summed E-state index contributed by atoms with van der Waals surface area (Å²) in [5, 5.41) is 12.8. The van der Waals surface area contributed by atoms with Crippen molar-refractivity contribution >= 4 is 63.2 Å². The number of halogens is 2. The van der Waals surface area contributed by atoms with Crippen LogP contribution in [0.15, 0.2) is 90.5 Å². The topological polar surface area (TPSA) is 112 Å². The molecule has 0 aromatic heterocycles. The zero-order chi connectivity index (χ0) is 34.5. The number of amides is 4. The average molecular weight is 677 g/mol. The van der Waals surface area contributed by atoms with Crippen LogP contribution in [0.4, 0.5) is 15.8 Å². The predicted molar refractivity (Wildman–Crippen MR) is 181 cm³/mol. The minimum Gasteiger partial charge on any atom is -0.508 e. The van der Waals surface area contributed by atoms with Gasteiger partial charge in [0.05, 0.1) is 39.6 Å². The highest BCUT2D eigenvalue weighted by Crippen LogP contribution is 2.65. The Labute approximate surface area is 285 Å². The van der Waals surface area contributed by atoms with Crippen molar-refractivity contribution in [2.24, 2.45) is 29.1 Å². The summed E-state index contributed by atoms with van der Waals surface area (Å²) in [7, 11) is 0. The third-order valence-electron chi connectivity index (χ3n) is 11.2. The van der Waals surface area contributed by atoms with Gasteiger partial charge in [-0.1, -0.05) is 53.6 Å². The first-order valence-corrected chi connectivity index (χ1v) is 16.5. The molecule has 3 fully saturated rings. The third-order valence-corrected chi connectivity index (χ3v) is 11.5. The van der Waals surface area contributed by atoms with Crippen LogP contribution in [-0.2, 0) is 19.2 Å². The van der Waals surface area contributed by atoms with E-state index in [1.54, 1.807) is 43.3 Å². The molecule has 10 heteroatoms. The Morgan fingerprint density at radius 2 is 1.59 bits per heavy atom. The van der Waals surface area contributed by atoms with Crippen molar-refractivity contribution < 1.29 is 33.5 Å². The van der Waals surface area contributed by atoms with Gasteiger partial charge >= 0.3 is 0 Å². The largest absolute Gasteiger partial charge is 0.508 e. The number of hydrogen-bond acceptors (Lipinski definition) is 6. The van der Waals surface area contributed by atoms with Crippen molar-refractivity contribution in [1.82, 2.24) is 0 Å². The highest BCUT2D eigenvalue weighted by atomic mass is 35.5. The molecule has 6 atom stereocenters. The fourth-order valence-electron chi connectivity index (χ4n) is 8.88. The number of hydrogen-bond donors (Lipinski definition) is 1. The molecule has 246 valence electrons. The van der Waals surface area contributed by atoms with Gasteiger partial charge in [-0.2, -0.15) is 0 Å². The third kappa shape index (κ3) is 4.31. The number of rotatable bonds is 4. The van der Waals surface area contributed by atoms with Gasteiger partial charge in [0, 0.05) is 17.0 Å². The second-order valence-corrected chi connectivity index (χ2v) is 14.0. The van der Waals surface area contributed by atoms with Gasteiger partial charge in [0.2, 0.25) is 23.6 Å². The Morgan fingerprint density at radius 1 is 0.878 bits per heavy atom. The molecule has 0 bridgehead atoms. The van der Waals surface area contributed by atoms with Crippen LogP contribution in [0.25, 0.3) is 10.8 Å². The normalized spacial score (nSPS) is 27.7. The van der Waals surface area contributed by atoms with Gasteiger partial charge in [0.1, 0.15) is 11.6 Å². The molecule has 2 aliphatic carbocycles. The zero-order valence-electron chi connectivity index (χ0n) is 26.5. The Morgan fingerprint density at radius 3 is 2.31 bits per heavy atom. The second kappa shape index (κ2) is 10.9. The van der Waals surface area contributed by atoms with E-state index < -0.39 is 58.5 Å². The van der Waals surface area contributed by atoms with E-state index in [4.69, 9.17) is 11.6 Å². The molecule has 1 saturated carbocycles. The fraction of sp³-hybridized carbons (Fsp3) is 0.256. The number of carbonyl (C=O) groups excluding carboxylic acids is 5. The van der Waals surface area contributed by atoms with E-state index in [1.807, 2.05) is 30.3 Å². The van der Waals surface area contributed by atoms with E-state index in [1.165, 1.54) is 24.0 Å². The number of nitrogens with zero attached hydrogens (tertiary/aromatic N) is 2. The maximum absolute atomic E-state index is 14.7. The predicted octanol–water partition coefficient (Wildman–Crippen LogP) is 6.98. The maximum atomic E-state index is 14.7. The minimum atomic E-state index is -1.41. The first-order valence-electron chi connectivity index (χ1n) is 16.2. The zero-order valence-corrected chi connectivity index (χ0v) is 27.3. The lowest BCUT2D eigenvalue weighted by Gasteiger charge is -2.49. The SMILES string of the molecule is CC(=O)c1ccc(N2C(=O)[C@H]3[C@H](CC=C4[C@H]3C[C@H]3C(=O)N(c5ccc(F)c(Cl)c5)C(=O)[C@@]3(C)[C@H]4c3c(O)ccc4ccccc34)C2=O)cc1. The summed E-state index contributed by atoms with van der Waals surface area (Å²) in [6, 6.07) is 20.8. The molecule has 0 radical (unpaired) electrons. The Balaban J connectivity index is 1.30. The molecule has 2 aliphatic heterocycles. The number of ketones is 1. The van der Waals surface area contributed by atoms with E-state index in [0.717, 1.165) is 21.9 Å². The van der Waals surface area contributed by atoms with Gasteiger partial charge < -0.3 is 5.11 Å². The van der Waals surface area contributed by atoms with E-state index in [0.29, 0.717) is 22.2 Å². The van der Waals surface area contributed by atoms with Crippen molar-refractivity contribution in [3.8, 4) is 5.75 Å². The van der Waals surface area contributed by atoms with Crippen molar-refractivity contribution in [2.75, 3.05) is 9.80 Å². The molecule has 49 heavy (non-hydrogen) atoms. The molecule has 2 saturated heterocycles. The van der Waals surface area contributed by atoms with Crippen LogP contribution >= 0.6 is 11.6 Å². The quantitative estimate of drug-likeness (QED) is 0.142. The highest BCUT2D eigenvalue weighted by molar-refractivity contribution is 6.32. The summed E-state index contributed by atoms with van der Waals surface area (Å²) in [5.74, 6) is -6.62. The number of imide groups is 2. The Bertz CT molecular complexity index is 2200. The Hall–Kier alpha value is -5.15. The molecule has 8 nitrogen and oxygen atoms in total. The fourth-order valence-corrected chi connectivity index (χ4v) is 9.06. The minimum absolute atomic E-state index is 0.0584. The smallest absolute Gasteiger partial charge is 0.241 e. The molecule has 2 heterocycles. The molecule has 8 rings (SSSR count). The number of phenolic OH excluding ortho intramolecular Hbond substituents is 1. The number of anilines is 2. The number of fused-ring (bicyclic) bond motifs is 5. The molecule has 4 aliphatic rings. The van der Waals surface area contributed by atoms with Crippen LogP contribution in [0.1, 0.15) is 48.5 Å². The number of Topliss-reactive ketones (excluding diaryl/α,β-unsaturated/α-hetero) is 1. The summed E-state index contributed by atoms with van der Waals surface area (Å²) in [5.41, 5.74) is 0.703. The average Bonchev–Trinajstić information content (AvgIpc) is 3.46. The van der Waals surface area contributed by atoms with Gasteiger partial charge in [-0.05, 0) is 91.9 Å². The van der Waals surface area contributed by atoms with Crippen LogP contribution in [0.3, 0.4) is 0 Å². The van der Waals surface area contributed by atoms with Crippen molar-refractivity contribution in [2.45, 2.75) is 32.6 Å². The molecular weight excluding hydrogens is 647 g/mol. The van der Waals surface area contributed by atoms with Crippen LogP contribution in [0.5, 0.6) is 5.75 Å².